The second kappa shape index (κ2) is 4.84. The highest BCUT2D eigenvalue weighted by Gasteiger charge is 2.14. The minimum Gasteiger partial charge on any atom is -0.486 e. The maximum atomic E-state index is 11.8. The first kappa shape index (κ1) is 12.5. The highest BCUT2D eigenvalue weighted by Crippen LogP contribution is 2.33. The van der Waals surface area contributed by atoms with Crippen LogP contribution >= 0.6 is 22.6 Å². The van der Waals surface area contributed by atoms with E-state index in [-0.39, 0.29) is 5.56 Å². The van der Waals surface area contributed by atoms with Crippen LogP contribution in [0.4, 0.5) is 0 Å². The molecule has 1 aliphatic rings. The van der Waals surface area contributed by atoms with E-state index in [2.05, 4.69) is 9.97 Å². The molecule has 0 unspecified atom stereocenters. The van der Waals surface area contributed by atoms with Crippen molar-refractivity contribution in [1.29, 1.82) is 0 Å². The SMILES string of the molecule is Cc1nc(-c2ccc3c(c2)OCCO3)[nH]c(=O)c1I. The number of aromatic nitrogens is 2. The van der Waals surface area contributed by atoms with Gasteiger partial charge in [0.2, 0.25) is 0 Å². The van der Waals surface area contributed by atoms with E-state index in [4.69, 9.17) is 9.47 Å². The Balaban J connectivity index is 2.09. The van der Waals surface area contributed by atoms with E-state index < -0.39 is 0 Å². The Hall–Kier alpha value is -1.57. The topological polar surface area (TPSA) is 64.2 Å². The van der Waals surface area contributed by atoms with Gasteiger partial charge in [0, 0.05) is 5.56 Å². The van der Waals surface area contributed by atoms with Gasteiger partial charge in [0.25, 0.3) is 5.56 Å². The molecular formula is C13H11IN2O3. The van der Waals surface area contributed by atoms with Gasteiger partial charge in [-0.05, 0) is 47.7 Å². The summed E-state index contributed by atoms with van der Waals surface area (Å²) in [6.07, 6.45) is 0. The van der Waals surface area contributed by atoms with Crippen LogP contribution < -0.4 is 15.0 Å². The first-order valence-electron chi connectivity index (χ1n) is 5.81. The molecule has 5 nitrogen and oxygen atoms in total. The predicted octanol–water partition coefficient (Wildman–Crippen LogP) is 2.12. The summed E-state index contributed by atoms with van der Waals surface area (Å²) in [5.41, 5.74) is 1.40. The Morgan fingerprint density at radius 2 is 2.00 bits per heavy atom. The van der Waals surface area contributed by atoms with E-state index in [1.165, 1.54) is 0 Å². The molecule has 1 aliphatic heterocycles. The number of nitrogens with zero attached hydrogens (tertiary/aromatic N) is 1. The first-order valence-corrected chi connectivity index (χ1v) is 6.89. The zero-order chi connectivity index (χ0) is 13.4. The Kier molecular flexibility index (Phi) is 3.17. The average Bonchev–Trinajstić information content (AvgIpc) is 2.43. The lowest BCUT2D eigenvalue weighted by Gasteiger charge is -2.18. The van der Waals surface area contributed by atoms with Crippen LogP contribution in [0.25, 0.3) is 11.4 Å². The van der Waals surface area contributed by atoms with E-state index in [1.54, 1.807) is 0 Å². The highest BCUT2D eigenvalue weighted by molar-refractivity contribution is 14.1. The van der Waals surface area contributed by atoms with Crippen LogP contribution in [0.1, 0.15) is 5.69 Å². The van der Waals surface area contributed by atoms with Gasteiger partial charge in [-0.3, -0.25) is 4.79 Å². The van der Waals surface area contributed by atoms with Gasteiger partial charge in [0.1, 0.15) is 19.0 Å². The summed E-state index contributed by atoms with van der Waals surface area (Å²) in [5, 5.41) is 0. The molecule has 2 heterocycles. The van der Waals surface area contributed by atoms with Crippen molar-refractivity contribution in [2.24, 2.45) is 0 Å². The molecule has 0 amide bonds. The maximum Gasteiger partial charge on any atom is 0.264 e. The fourth-order valence-electron chi connectivity index (χ4n) is 1.90. The molecule has 2 aromatic rings. The van der Waals surface area contributed by atoms with Crippen molar-refractivity contribution in [3.05, 3.63) is 37.8 Å². The zero-order valence-electron chi connectivity index (χ0n) is 10.2. The first-order chi connectivity index (χ1) is 9.15. The molecule has 0 bridgehead atoms. The molecule has 3 rings (SSSR count). The van der Waals surface area contributed by atoms with Crippen molar-refractivity contribution in [2.75, 3.05) is 13.2 Å². The number of aromatic amines is 1. The number of H-pyrrole nitrogens is 1. The van der Waals surface area contributed by atoms with Crippen LogP contribution in [0.2, 0.25) is 0 Å². The molecule has 0 aliphatic carbocycles. The normalized spacial score (nSPS) is 13.4. The van der Waals surface area contributed by atoms with Gasteiger partial charge in [-0.2, -0.15) is 0 Å². The van der Waals surface area contributed by atoms with Crippen molar-refractivity contribution >= 4 is 22.6 Å². The van der Waals surface area contributed by atoms with Gasteiger partial charge in [-0.1, -0.05) is 0 Å². The molecule has 1 aromatic carbocycles. The minimum atomic E-state index is -0.127. The molecule has 98 valence electrons. The Labute approximate surface area is 123 Å². The summed E-state index contributed by atoms with van der Waals surface area (Å²) in [6.45, 7) is 2.91. The van der Waals surface area contributed by atoms with Crippen molar-refractivity contribution in [3.63, 3.8) is 0 Å². The molecular weight excluding hydrogens is 359 g/mol. The third-order valence-corrected chi connectivity index (χ3v) is 4.11. The number of hydrogen-bond donors (Lipinski definition) is 1. The lowest BCUT2D eigenvalue weighted by atomic mass is 10.2. The van der Waals surface area contributed by atoms with Crippen LogP contribution in [0, 0.1) is 10.5 Å². The van der Waals surface area contributed by atoms with Crippen molar-refractivity contribution in [2.45, 2.75) is 6.92 Å². The number of benzene rings is 1. The number of ether oxygens (including phenoxy) is 2. The fourth-order valence-corrected chi connectivity index (χ4v) is 2.15. The largest absolute Gasteiger partial charge is 0.486 e. The quantitative estimate of drug-likeness (QED) is 0.782. The average molecular weight is 370 g/mol. The Morgan fingerprint density at radius 3 is 2.74 bits per heavy atom. The number of hydrogen-bond acceptors (Lipinski definition) is 4. The standard InChI is InChI=1S/C13H11IN2O3/c1-7-11(14)13(17)16-12(15-7)8-2-3-9-10(6-8)19-5-4-18-9/h2-3,6H,4-5H2,1H3,(H,15,16,17). The second-order valence-electron chi connectivity index (χ2n) is 4.17. The fraction of sp³-hybridized carbons (Fsp3) is 0.231. The Morgan fingerprint density at radius 1 is 1.26 bits per heavy atom. The molecule has 1 N–H and O–H groups in total. The molecule has 0 spiro atoms. The highest BCUT2D eigenvalue weighted by atomic mass is 127. The van der Waals surface area contributed by atoms with Crippen molar-refractivity contribution in [3.8, 4) is 22.9 Å². The third kappa shape index (κ3) is 2.32. The Bertz CT molecular complexity index is 697. The maximum absolute atomic E-state index is 11.8. The van der Waals surface area contributed by atoms with Gasteiger partial charge >= 0.3 is 0 Å². The van der Waals surface area contributed by atoms with Crippen LogP contribution in [-0.4, -0.2) is 23.2 Å². The molecule has 0 fully saturated rings. The zero-order valence-corrected chi connectivity index (χ0v) is 12.4. The summed E-state index contributed by atoms with van der Waals surface area (Å²) in [6, 6.07) is 5.52. The van der Waals surface area contributed by atoms with E-state index in [0.717, 1.165) is 11.3 Å². The van der Waals surface area contributed by atoms with E-state index in [1.807, 2.05) is 47.7 Å². The molecule has 0 atom stereocenters. The summed E-state index contributed by atoms with van der Waals surface area (Å²) >= 11 is 1.99. The van der Waals surface area contributed by atoms with Crippen molar-refractivity contribution in [1.82, 2.24) is 9.97 Å². The summed E-state index contributed by atoms with van der Waals surface area (Å²) in [4.78, 5) is 18.9. The van der Waals surface area contributed by atoms with Crippen LogP contribution in [0.3, 0.4) is 0 Å². The molecule has 0 saturated heterocycles. The molecule has 6 heteroatoms. The third-order valence-electron chi connectivity index (χ3n) is 2.84. The monoisotopic (exact) mass is 370 g/mol. The van der Waals surface area contributed by atoms with Crippen LogP contribution in [0.5, 0.6) is 11.5 Å². The minimum absolute atomic E-state index is 0.127. The lowest BCUT2D eigenvalue weighted by Crippen LogP contribution is -2.16. The smallest absolute Gasteiger partial charge is 0.264 e. The van der Waals surface area contributed by atoms with E-state index >= 15 is 0 Å². The van der Waals surface area contributed by atoms with Gasteiger partial charge in [-0.15, -0.1) is 0 Å². The number of fused-ring (bicyclic) bond motifs is 1. The van der Waals surface area contributed by atoms with Gasteiger partial charge < -0.3 is 14.5 Å². The van der Waals surface area contributed by atoms with Crippen molar-refractivity contribution < 1.29 is 9.47 Å². The van der Waals surface area contributed by atoms with E-state index in [9.17, 15) is 4.79 Å². The van der Waals surface area contributed by atoms with Crippen LogP contribution in [0.15, 0.2) is 23.0 Å². The molecule has 19 heavy (non-hydrogen) atoms. The lowest BCUT2D eigenvalue weighted by molar-refractivity contribution is 0.171. The number of halogens is 1. The van der Waals surface area contributed by atoms with Gasteiger partial charge in [0.15, 0.2) is 11.5 Å². The predicted molar refractivity (Wildman–Crippen MR) is 78.7 cm³/mol. The molecule has 1 aromatic heterocycles. The summed E-state index contributed by atoms with van der Waals surface area (Å²) < 4.78 is 11.6. The van der Waals surface area contributed by atoms with Crippen LogP contribution in [-0.2, 0) is 0 Å². The number of aryl methyl sites for hydroxylation is 1. The summed E-state index contributed by atoms with van der Waals surface area (Å²) in [7, 11) is 0. The van der Waals surface area contributed by atoms with Gasteiger partial charge in [-0.25, -0.2) is 4.98 Å². The summed E-state index contributed by atoms with van der Waals surface area (Å²) in [5.74, 6) is 1.95. The van der Waals surface area contributed by atoms with E-state index in [0.29, 0.717) is 34.1 Å². The number of nitrogens with one attached hydrogen (secondary N) is 1. The van der Waals surface area contributed by atoms with Gasteiger partial charge in [0.05, 0.1) is 9.26 Å². The molecule has 0 saturated carbocycles. The molecule has 0 radical (unpaired) electrons. The number of rotatable bonds is 1. The second-order valence-corrected chi connectivity index (χ2v) is 5.25.